The smallest absolute Gasteiger partial charge is 0.271 e. The highest BCUT2D eigenvalue weighted by Crippen LogP contribution is 2.20. The zero-order chi connectivity index (χ0) is 18.0. The van der Waals surface area contributed by atoms with Crippen LogP contribution in [0.5, 0.6) is 0 Å². The molecule has 0 bridgehead atoms. The fourth-order valence-electron chi connectivity index (χ4n) is 3.58. The first-order valence-corrected chi connectivity index (χ1v) is 10.0. The van der Waals surface area contributed by atoms with Crippen LogP contribution in [-0.4, -0.2) is 29.0 Å². The molecule has 1 aromatic rings. The second-order valence-corrected chi connectivity index (χ2v) is 7.19. The van der Waals surface area contributed by atoms with Crippen LogP contribution < -0.4 is 10.6 Å². The fourth-order valence-corrected chi connectivity index (χ4v) is 3.58. The molecule has 0 aliphatic heterocycles. The molecule has 0 radical (unpaired) electrons. The maximum absolute atomic E-state index is 12.2. The maximum atomic E-state index is 12.2. The number of carbonyl (C=O) groups is 1. The Kier molecular flexibility index (Phi) is 7.23. The number of anilines is 1. The molecule has 5 heteroatoms. The molecule has 1 heterocycles. The van der Waals surface area contributed by atoms with Gasteiger partial charge in [0.25, 0.3) is 5.91 Å². The highest BCUT2D eigenvalue weighted by Gasteiger charge is 2.09. The minimum Gasteiger partial charge on any atom is -0.368 e. The topological polar surface area (TPSA) is 66.9 Å². The molecule has 140 valence electrons. The number of hydrogen-bond donors (Lipinski definition) is 2. The molecule has 0 saturated carbocycles. The second kappa shape index (κ2) is 10.1. The average molecular weight is 354 g/mol. The Labute approximate surface area is 156 Å². The van der Waals surface area contributed by atoms with Crippen LogP contribution in [0.2, 0.25) is 0 Å². The first-order valence-electron chi connectivity index (χ1n) is 10.0. The Morgan fingerprint density at radius 3 is 2.15 bits per heavy atom. The van der Waals surface area contributed by atoms with Gasteiger partial charge in [0.15, 0.2) is 0 Å². The van der Waals surface area contributed by atoms with Crippen molar-refractivity contribution in [3.8, 4) is 0 Å². The third-order valence-electron chi connectivity index (χ3n) is 5.14. The molecule has 5 nitrogen and oxygen atoms in total. The van der Waals surface area contributed by atoms with Gasteiger partial charge in [-0.2, -0.15) is 0 Å². The van der Waals surface area contributed by atoms with Crippen molar-refractivity contribution in [3.63, 3.8) is 0 Å². The van der Waals surface area contributed by atoms with Gasteiger partial charge in [-0.1, -0.05) is 23.3 Å². The first-order chi connectivity index (χ1) is 12.8. The molecule has 0 spiro atoms. The molecule has 1 aromatic heterocycles. The molecule has 0 aromatic carbocycles. The molecule has 2 N–H and O–H groups in total. The van der Waals surface area contributed by atoms with Crippen LogP contribution in [0.25, 0.3) is 0 Å². The van der Waals surface area contributed by atoms with Crippen LogP contribution in [-0.2, 0) is 0 Å². The van der Waals surface area contributed by atoms with Crippen molar-refractivity contribution in [1.29, 1.82) is 0 Å². The highest BCUT2D eigenvalue weighted by molar-refractivity contribution is 5.91. The van der Waals surface area contributed by atoms with Gasteiger partial charge in [0.1, 0.15) is 11.5 Å². The normalized spacial score (nSPS) is 17.2. The molecule has 26 heavy (non-hydrogen) atoms. The summed E-state index contributed by atoms with van der Waals surface area (Å²) in [6, 6.07) is 0. The lowest BCUT2D eigenvalue weighted by atomic mass is 9.97. The van der Waals surface area contributed by atoms with Gasteiger partial charge in [0, 0.05) is 13.1 Å². The molecule has 3 rings (SSSR count). The van der Waals surface area contributed by atoms with Crippen molar-refractivity contribution < 1.29 is 4.79 Å². The van der Waals surface area contributed by atoms with E-state index in [1.807, 2.05) is 0 Å². The Morgan fingerprint density at radius 1 is 0.885 bits per heavy atom. The SMILES string of the molecule is O=C(NCCC1=CCCCC1)c1cnc(NCCC2=CCCCC2)cn1. The third-order valence-corrected chi connectivity index (χ3v) is 5.14. The quantitative estimate of drug-likeness (QED) is 0.679. The maximum Gasteiger partial charge on any atom is 0.271 e. The summed E-state index contributed by atoms with van der Waals surface area (Å²) in [5.41, 5.74) is 3.39. The van der Waals surface area contributed by atoms with Crippen molar-refractivity contribution in [1.82, 2.24) is 15.3 Å². The predicted octanol–water partition coefficient (Wildman–Crippen LogP) is 4.40. The predicted molar refractivity (Wildman–Crippen MR) is 105 cm³/mol. The van der Waals surface area contributed by atoms with E-state index in [1.54, 1.807) is 18.0 Å². The average Bonchev–Trinajstić information content (AvgIpc) is 2.70. The molecule has 2 aliphatic carbocycles. The van der Waals surface area contributed by atoms with Gasteiger partial charge in [0.05, 0.1) is 12.4 Å². The summed E-state index contributed by atoms with van der Waals surface area (Å²) in [6.07, 6.45) is 19.9. The first kappa shape index (κ1) is 18.6. The summed E-state index contributed by atoms with van der Waals surface area (Å²) in [4.78, 5) is 20.7. The monoisotopic (exact) mass is 354 g/mol. The summed E-state index contributed by atoms with van der Waals surface area (Å²) in [6.45, 7) is 1.53. The van der Waals surface area contributed by atoms with Crippen molar-refractivity contribution in [2.45, 2.75) is 64.2 Å². The van der Waals surface area contributed by atoms with E-state index in [2.05, 4.69) is 32.8 Å². The van der Waals surface area contributed by atoms with Gasteiger partial charge in [-0.15, -0.1) is 0 Å². The number of amides is 1. The fraction of sp³-hybridized carbons (Fsp3) is 0.571. The molecule has 0 saturated heterocycles. The lowest BCUT2D eigenvalue weighted by molar-refractivity contribution is 0.0948. The van der Waals surface area contributed by atoms with E-state index in [4.69, 9.17) is 0 Å². The van der Waals surface area contributed by atoms with Crippen LogP contribution in [0.3, 0.4) is 0 Å². The van der Waals surface area contributed by atoms with E-state index in [1.165, 1.54) is 56.9 Å². The van der Waals surface area contributed by atoms with Gasteiger partial charge < -0.3 is 10.6 Å². The number of carbonyl (C=O) groups excluding carboxylic acids is 1. The van der Waals surface area contributed by atoms with Gasteiger partial charge in [-0.05, 0) is 64.2 Å². The van der Waals surface area contributed by atoms with E-state index in [0.29, 0.717) is 12.2 Å². The van der Waals surface area contributed by atoms with Crippen molar-refractivity contribution in [3.05, 3.63) is 41.4 Å². The van der Waals surface area contributed by atoms with E-state index < -0.39 is 0 Å². The molecular formula is C21H30N4O. The van der Waals surface area contributed by atoms with Gasteiger partial charge in [0.2, 0.25) is 0 Å². The molecule has 1 amide bonds. The number of nitrogens with one attached hydrogen (secondary N) is 2. The van der Waals surface area contributed by atoms with Crippen molar-refractivity contribution >= 4 is 11.7 Å². The minimum atomic E-state index is -0.146. The lowest BCUT2D eigenvalue weighted by Gasteiger charge is -2.13. The molecule has 2 aliphatic rings. The third kappa shape index (κ3) is 5.97. The second-order valence-electron chi connectivity index (χ2n) is 7.19. The lowest BCUT2D eigenvalue weighted by Crippen LogP contribution is -2.26. The van der Waals surface area contributed by atoms with E-state index in [0.717, 1.165) is 25.2 Å². The summed E-state index contributed by atoms with van der Waals surface area (Å²) < 4.78 is 0. The zero-order valence-corrected chi connectivity index (χ0v) is 15.6. The summed E-state index contributed by atoms with van der Waals surface area (Å²) in [5.74, 6) is 0.582. The summed E-state index contributed by atoms with van der Waals surface area (Å²) in [7, 11) is 0. The van der Waals surface area contributed by atoms with Crippen LogP contribution in [0, 0.1) is 0 Å². The van der Waals surface area contributed by atoms with Crippen LogP contribution in [0.1, 0.15) is 74.7 Å². The largest absolute Gasteiger partial charge is 0.368 e. The Hall–Kier alpha value is -2.17. The number of aromatic nitrogens is 2. The minimum absolute atomic E-state index is 0.146. The van der Waals surface area contributed by atoms with Crippen LogP contribution in [0.15, 0.2) is 35.7 Å². The molecule has 0 atom stereocenters. The Bertz CT molecular complexity index is 648. The van der Waals surface area contributed by atoms with Gasteiger partial charge in [-0.25, -0.2) is 9.97 Å². The summed E-state index contributed by atoms with van der Waals surface area (Å²) >= 11 is 0. The number of rotatable bonds is 8. The standard InChI is InChI=1S/C21H30N4O/c26-21(23-14-12-18-9-5-2-6-10-18)19-15-25-20(16-24-19)22-13-11-17-7-3-1-4-8-17/h7,9,15-16H,1-6,8,10-14H2,(H,22,25)(H,23,26). The number of allylic oxidation sites excluding steroid dienone is 2. The summed E-state index contributed by atoms with van der Waals surface area (Å²) in [5, 5.41) is 6.23. The zero-order valence-electron chi connectivity index (χ0n) is 15.6. The van der Waals surface area contributed by atoms with Crippen molar-refractivity contribution in [2.24, 2.45) is 0 Å². The van der Waals surface area contributed by atoms with Gasteiger partial charge in [-0.3, -0.25) is 4.79 Å². The van der Waals surface area contributed by atoms with E-state index in [9.17, 15) is 4.79 Å². The Balaban J connectivity index is 1.38. The Morgan fingerprint density at radius 2 is 1.58 bits per heavy atom. The van der Waals surface area contributed by atoms with E-state index in [-0.39, 0.29) is 5.91 Å². The van der Waals surface area contributed by atoms with Gasteiger partial charge >= 0.3 is 0 Å². The number of nitrogens with zero attached hydrogens (tertiary/aromatic N) is 2. The molecular weight excluding hydrogens is 324 g/mol. The molecule has 0 fully saturated rings. The van der Waals surface area contributed by atoms with Crippen LogP contribution in [0.4, 0.5) is 5.82 Å². The highest BCUT2D eigenvalue weighted by atomic mass is 16.1. The van der Waals surface area contributed by atoms with Crippen molar-refractivity contribution in [2.75, 3.05) is 18.4 Å². The van der Waals surface area contributed by atoms with Crippen LogP contribution >= 0.6 is 0 Å². The number of hydrogen-bond acceptors (Lipinski definition) is 4. The van der Waals surface area contributed by atoms with E-state index >= 15 is 0 Å². The molecule has 0 unspecified atom stereocenters.